The van der Waals surface area contributed by atoms with E-state index >= 15 is 0 Å². The van der Waals surface area contributed by atoms with Crippen molar-refractivity contribution in [3.63, 3.8) is 0 Å². The molecule has 6 nitrogen and oxygen atoms in total. The summed E-state index contributed by atoms with van der Waals surface area (Å²) in [6.45, 7) is 6.09. The number of hydrogen-bond acceptors (Lipinski definition) is 6. The number of sulfonamides is 1. The molecule has 3 aromatic rings. The Labute approximate surface area is 175 Å². The highest BCUT2D eigenvalue weighted by Gasteiger charge is 2.22. The van der Waals surface area contributed by atoms with Crippen molar-refractivity contribution in [2.24, 2.45) is 0 Å². The monoisotopic (exact) mass is 428 g/mol. The molecule has 2 N–H and O–H groups in total. The number of rotatable bonds is 5. The van der Waals surface area contributed by atoms with Gasteiger partial charge in [0.25, 0.3) is 10.0 Å². The van der Waals surface area contributed by atoms with E-state index in [0.29, 0.717) is 17.8 Å². The maximum atomic E-state index is 12.9. The molecule has 29 heavy (non-hydrogen) atoms. The molecule has 1 fully saturated rings. The number of benzene rings is 1. The van der Waals surface area contributed by atoms with Gasteiger partial charge in [0.1, 0.15) is 4.21 Å². The summed E-state index contributed by atoms with van der Waals surface area (Å²) in [4.78, 5) is 7.40. The lowest BCUT2D eigenvalue weighted by molar-refractivity contribution is 0.407. The second-order valence-electron chi connectivity index (χ2n) is 7.36. The molecular weight excluding hydrogens is 404 g/mol. The van der Waals surface area contributed by atoms with E-state index in [1.54, 1.807) is 24.4 Å². The summed E-state index contributed by atoms with van der Waals surface area (Å²) in [6, 6.07) is 17.4. The topological polar surface area (TPSA) is 74.3 Å². The van der Waals surface area contributed by atoms with Crippen molar-refractivity contribution in [1.29, 1.82) is 0 Å². The number of pyridine rings is 1. The third-order valence-corrected chi connectivity index (χ3v) is 7.77. The summed E-state index contributed by atoms with van der Waals surface area (Å²) in [5.74, 6) is 0. The van der Waals surface area contributed by atoms with Gasteiger partial charge in [-0.05, 0) is 56.3 Å². The zero-order chi connectivity index (χ0) is 20.4. The predicted molar refractivity (Wildman–Crippen MR) is 119 cm³/mol. The summed E-state index contributed by atoms with van der Waals surface area (Å²) < 4.78 is 28.8. The van der Waals surface area contributed by atoms with Crippen LogP contribution in [0.3, 0.4) is 0 Å². The third kappa shape index (κ3) is 4.60. The van der Waals surface area contributed by atoms with Crippen molar-refractivity contribution in [3.05, 3.63) is 60.8 Å². The van der Waals surface area contributed by atoms with Gasteiger partial charge in [-0.25, -0.2) is 8.42 Å². The Bertz CT molecular complexity index is 1070. The molecule has 0 unspecified atom stereocenters. The minimum absolute atomic E-state index is 0.271. The average Bonchev–Trinajstić information content (AvgIpc) is 3.19. The van der Waals surface area contributed by atoms with Gasteiger partial charge in [-0.15, -0.1) is 11.3 Å². The Balaban J connectivity index is 1.54. The van der Waals surface area contributed by atoms with E-state index in [2.05, 4.69) is 33.8 Å². The molecule has 0 bridgehead atoms. The van der Waals surface area contributed by atoms with E-state index in [0.717, 1.165) is 29.3 Å². The number of hydrogen-bond donors (Lipinski definition) is 2. The minimum atomic E-state index is -3.66. The van der Waals surface area contributed by atoms with Crippen molar-refractivity contribution in [2.45, 2.75) is 30.1 Å². The largest absolute Gasteiger partial charge is 0.368 e. The standard InChI is InChI=1S/C21H24N4O2S2/c1-15-13-25(14-16(2)23-15)18-7-5-6-17(12-18)24-29(26,27)21-10-9-20(28-21)19-8-3-4-11-22-19/h3-12,15-16,23-24H,13-14H2,1-2H3/t15-,16+. The molecule has 1 saturated heterocycles. The van der Waals surface area contributed by atoms with E-state index in [-0.39, 0.29) is 4.21 Å². The summed E-state index contributed by atoms with van der Waals surface area (Å²) in [6.07, 6.45) is 1.70. The Morgan fingerprint density at radius 1 is 1.07 bits per heavy atom. The van der Waals surface area contributed by atoms with Crippen LogP contribution in [-0.4, -0.2) is 38.6 Å². The van der Waals surface area contributed by atoms with E-state index in [4.69, 9.17) is 0 Å². The fourth-order valence-corrected chi connectivity index (χ4v) is 5.95. The van der Waals surface area contributed by atoms with E-state index in [1.165, 1.54) is 11.3 Å². The fraction of sp³-hybridized carbons (Fsp3) is 0.286. The molecule has 0 saturated carbocycles. The van der Waals surface area contributed by atoms with Crippen molar-refractivity contribution >= 4 is 32.7 Å². The normalized spacial score (nSPS) is 19.9. The molecule has 3 heterocycles. The van der Waals surface area contributed by atoms with Crippen LogP contribution in [0, 0.1) is 0 Å². The summed E-state index contributed by atoms with van der Waals surface area (Å²) >= 11 is 1.21. The second kappa shape index (κ2) is 8.14. The van der Waals surface area contributed by atoms with E-state index < -0.39 is 10.0 Å². The maximum Gasteiger partial charge on any atom is 0.271 e. The number of nitrogens with one attached hydrogen (secondary N) is 2. The molecule has 152 valence electrons. The van der Waals surface area contributed by atoms with Crippen LogP contribution in [0.4, 0.5) is 11.4 Å². The molecule has 1 aliphatic heterocycles. The van der Waals surface area contributed by atoms with Crippen LogP contribution in [-0.2, 0) is 10.0 Å². The molecule has 0 spiro atoms. The first kappa shape index (κ1) is 19.9. The van der Waals surface area contributed by atoms with Gasteiger partial charge in [0.05, 0.1) is 16.3 Å². The SMILES string of the molecule is C[C@@H]1CN(c2cccc(NS(=O)(=O)c3ccc(-c4ccccn4)s3)c2)C[C@H](C)N1. The molecule has 0 radical (unpaired) electrons. The molecule has 1 aromatic carbocycles. The zero-order valence-corrected chi connectivity index (χ0v) is 18.0. The second-order valence-corrected chi connectivity index (χ2v) is 10.4. The fourth-order valence-electron chi connectivity index (χ4n) is 3.62. The van der Waals surface area contributed by atoms with Gasteiger partial charge in [-0.2, -0.15) is 0 Å². The quantitative estimate of drug-likeness (QED) is 0.647. The number of nitrogens with zero attached hydrogens (tertiary/aromatic N) is 2. The molecule has 2 atom stereocenters. The zero-order valence-electron chi connectivity index (χ0n) is 16.4. The van der Waals surface area contributed by atoms with Gasteiger partial charge >= 0.3 is 0 Å². The van der Waals surface area contributed by atoms with E-state index in [9.17, 15) is 8.42 Å². The van der Waals surface area contributed by atoms with Crippen molar-refractivity contribution in [3.8, 4) is 10.6 Å². The molecule has 1 aliphatic rings. The summed E-state index contributed by atoms with van der Waals surface area (Å²) in [5, 5.41) is 3.51. The van der Waals surface area contributed by atoms with Crippen LogP contribution in [0.15, 0.2) is 65.0 Å². The first-order valence-electron chi connectivity index (χ1n) is 9.56. The lowest BCUT2D eigenvalue weighted by Crippen LogP contribution is -2.54. The molecule has 4 rings (SSSR count). The van der Waals surface area contributed by atoms with Crippen molar-refractivity contribution in [2.75, 3.05) is 22.7 Å². The number of anilines is 2. The van der Waals surface area contributed by atoms with Gasteiger partial charge in [-0.3, -0.25) is 9.71 Å². The molecule has 0 amide bonds. The van der Waals surface area contributed by atoms with E-state index in [1.807, 2.05) is 36.4 Å². The third-order valence-electron chi connectivity index (χ3n) is 4.78. The maximum absolute atomic E-state index is 12.9. The Kier molecular flexibility index (Phi) is 5.58. The van der Waals surface area contributed by atoms with Crippen LogP contribution in [0.25, 0.3) is 10.6 Å². The van der Waals surface area contributed by atoms with Gasteiger partial charge in [0.15, 0.2) is 0 Å². The van der Waals surface area contributed by atoms with Crippen molar-refractivity contribution < 1.29 is 8.42 Å². The highest BCUT2D eigenvalue weighted by atomic mass is 32.2. The lowest BCUT2D eigenvalue weighted by Gasteiger charge is -2.37. The summed E-state index contributed by atoms with van der Waals surface area (Å²) in [7, 11) is -3.66. The minimum Gasteiger partial charge on any atom is -0.368 e. The lowest BCUT2D eigenvalue weighted by atomic mass is 10.1. The van der Waals surface area contributed by atoms with Crippen LogP contribution in [0.1, 0.15) is 13.8 Å². The molecular formula is C21H24N4O2S2. The van der Waals surface area contributed by atoms with Crippen LogP contribution < -0.4 is 14.9 Å². The molecule has 2 aromatic heterocycles. The molecule has 8 heteroatoms. The van der Waals surface area contributed by atoms with Gasteiger partial charge in [-0.1, -0.05) is 12.1 Å². The Hall–Kier alpha value is -2.42. The first-order valence-corrected chi connectivity index (χ1v) is 11.9. The smallest absolute Gasteiger partial charge is 0.271 e. The average molecular weight is 429 g/mol. The van der Waals surface area contributed by atoms with Gasteiger partial charge in [0.2, 0.25) is 0 Å². The Morgan fingerprint density at radius 3 is 2.59 bits per heavy atom. The molecule has 0 aliphatic carbocycles. The number of aromatic nitrogens is 1. The highest BCUT2D eigenvalue weighted by Crippen LogP contribution is 2.31. The van der Waals surface area contributed by atoms with Gasteiger partial charge < -0.3 is 10.2 Å². The summed E-state index contributed by atoms with van der Waals surface area (Å²) in [5.41, 5.74) is 2.35. The number of thiophene rings is 1. The van der Waals surface area contributed by atoms with Crippen LogP contribution >= 0.6 is 11.3 Å². The highest BCUT2D eigenvalue weighted by molar-refractivity contribution is 7.94. The predicted octanol–water partition coefficient (Wildman–Crippen LogP) is 3.80. The van der Waals surface area contributed by atoms with Crippen LogP contribution in [0.2, 0.25) is 0 Å². The van der Waals surface area contributed by atoms with Crippen molar-refractivity contribution in [1.82, 2.24) is 10.3 Å². The van der Waals surface area contributed by atoms with Gasteiger partial charge in [0, 0.05) is 37.1 Å². The Morgan fingerprint density at radius 2 is 1.86 bits per heavy atom. The van der Waals surface area contributed by atoms with Crippen LogP contribution in [0.5, 0.6) is 0 Å². The first-order chi connectivity index (χ1) is 13.9. The number of piperazine rings is 1.